The van der Waals surface area contributed by atoms with Crippen LogP contribution in [0.1, 0.15) is 55.9 Å². The molecule has 2 rings (SSSR count). The Hall–Kier alpha value is -1.88. The van der Waals surface area contributed by atoms with Gasteiger partial charge in [0.2, 0.25) is 0 Å². The van der Waals surface area contributed by atoms with Crippen LogP contribution in [-0.2, 0) is 4.79 Å². The molecule has 0 aliphatic rings. The van der Waals surface area contributed by atoms with Crippen molar-refractivity contribution in [3.63, 3.8) is 0 Å². The van der Waals surface area contributed by atoms with Crippen molar-refractivity contribution in [3.05, 3.63) is 45.9 Å². The van der Waals surface area contributed by atoms with Crippen LogP contribution in [0.4, 0.5) is 0 Å². The minimum atomic E-state index is -0.554. The SMILES string of the molecule is Cc1nc(C(C)NC(=O)C(C)Oc2ccc(C(C)C)cc2)cs1. The average Bonchev–Trinajstić information content (AvgIpc) is 2.94. The van der Waals surface area contributed by atoms with Gasteiger partial charge in [0.05, 0.1) is 16.7 Å². The molecule has 0 aliphatic heterocycles. The van der Waals surface area contributed by atoms with Gasteiger partial charge in [-0.05, 0) is 44.4 Å². The number of hydrogen-bond donors (Lipinski definition) is 1. The first-order valence-electron chi connectivity index (χ1n) is 7.86. The molecule has 0 saturated carbocycles. The maximum absolute atomic E-state index is 12.3. The molecule has 2 aromatic rings. The molecule has 2 atom stereocenters. The summed E-state index contributed by atoms with van der Waals surface area (Å²) in [5, 5.41) is 5.90. The molecule has 0 aliphatic carbocycles. The predicted molar refractivity (Wildman–Crippen MR) is 94.0 cm³/mol. The minimum absolute atomic E-state index is 0.123. The standard InChI is InChI=1S/C18H24N2O2S/c1-11(2)15-6-8-16(9-7-15)22-13(4)18(21)19-12(3)17-10-23-14(5)20-17/h6-13H,1-5H3,(H,19,21). The highest BCUT2D eigenvalue weighted by atomic mass is 32.1. The maximum Gasteiger partial charge on any atom is 0.261 e. The highest BCUT2D eigenvalue weighted by Gasteiger charge is 2.19. The topological polar surface area (TPSA) is 51.2 Å². The van der Waals surface area contributed by atoms with Gasteiger partial charge in [0, 0.05) is 5.38 Å². The number of nitrogens with one attached hydrogen (secondary N) is 1. The van der Waals surface area contributed by atoms with E-state index in [1.807, 2.05) is 43.5 Å². The van der Waals surface area contributed by atoms with E-state index in [1.165, 1.54) is 5.56 Å². The molecular formula is C18H24N2O2S. The summed E-state index contributed by atoms with van der Waals surface area (Å²) >= 11 is 1.58. The lowest BCUT2D eigenvalue weighted by Gasteiger charge is -2.18. The lowest BCUT2D eigenvalue weighted by atomic mass is 10.0. The normalized spacial score (nSPS) is 13.7. The second kappa shape index (κ2) is 7.59. The van der Waals surface area contributed by atoms with Crippen molar-refractivity contribution < 1.29 is 9.53 Å². The van der Waals surface area contributed by atoms with Crippen LogP contribution in [0, 0.1) is 6.92 Å². The molecule has 1 N–H and O–H groups in total. The van der Waals surface area contributed by atoms with Crippen LogP contribution in [0.15, 0.2) is 29.6 Å². The number of carbonyl (C=O) groups excluding carboxylic acids is 1. The second-order valence-corrected chi connectivity index (χ2v) is 7.07. The molecular weight excluding hydrogens is 308 g/mol. The Morgan fingerprint density at radius 2 is 1.83 bits per heavy atom. The van der Waals surface area contributed by atoms with E-state index in [0.717, 1.165) is 10.7 Å². The monoisotopic (exact) mass is 332 g/mol. The van der Waals surface area contributed by atoms with Crippen molar-refractivity contribution in [2.75, 3.05) is 0 Å². The molecule has 0 saturated heterocycles. The summed E-state index contributed by atoms with van der Waals surface area (Å²) in [6.07, 6.45) is -0.554. The maximum atomic E-state index is 12.3. The van der Waals surface area contributed by atoms with Gasteiger partial charge in [0.15, 0.2) is 6.10 Å². The molecule has 0 fully saturated rings. The quantitative estimate of drug-likeness (QED) is 0.861. The number of hydrogen-bond acceptors (Lipinski definition) is 4. The summed E-state index contributed by atoms with van der Waals surface area (Å²) < 4.78 is 5.72. The predicted octanol–water partition coefficient (Wildman–Crippen LogP) is 4.22. The summed E-state index contributed by atoms with van der Waals surface area (Å²) in [7, 11) is 0. The molecule has 1 aromatic carbocycles. The van der Waals surface area contributed by atoms with Gasteiger partial charge in [-0.3, -0.25) is 4.79 Å². The van der Waals surface area contributed by atoms with Crippen LogP contribution in [-0.4, -0.2) is 17.0 Å². The van der Waals surface area contributed by atoms with Crippen LogP contribution < -0.4 is 10.1 Å². The van der Waals surface area contributed by atoms with E-state index in [-0.39, 0.29) is 11.9 Å². The Labute approximate surface area is 141 Å². The first-order valence-corrected chi connectivity index (χ1v) is 8.73. The molecule has 1 heterocycles. The summed E-state index contributed by atoms with van der Waals surface area (Å²) in [5.41, 5.74) is 2.14. The number of rotatable bonds is 6. The van der Waals surface area contributed by atoms with Gasteiger partial charge in [-0.2, -0.15) is 0 Å². The lowest BCUT2D eigenvalue weighted by molar-refractivity contribution is -0.127. The number of amides is 1. The third kappa shape index (κ3) is 4.79. The van der Waals surface area contributed by atoms with Gasteiger partial charge in [-0.25, -0.2) is 4.98 Å². The molecule has 23 heavy (non-hydrogen) atoms. The zero-order chi connectivity index (χ0) is 17.0. The van der Waals surface area contributed by atoms with Crippen molar-refractivity contribution in [1.82, 2.24) is 10.3 Å². The molecule has 5 heteroatoms. The van der Waals surface area contributed by atoms with E-state index in [2.05, 4.69) is 24.1 Å². The van der Waals surface area contributed by atoms with Crippen molar-refractivity contribution in [1.29, 1.82) is 0 Å². The number of benzene rings is 1. The Morgan fingerprint density at radius 3 is 2.35 bits per heavy atom. The number of aromatic nitrogens is 1. The minimum Gasteiger partial charge on any atom is -0.481 e. The van der Waals surface area contributed by atoms with Gasteiger partial charge in [-0.1, -0.05) is 26.0 Å². The summed E-state index contributed by atoms with van der Waals surface area (Å²) in [4.78, 5) is 16.6. The van der Waals surface area contributed by atoms with E-state index < -0.39 is 6.10 Å². The molecule has 1 amide bonds. The Kier molecular flexibility index (Phi) is 5.77. The van der Waals surface area contributed by atoms with Crippen LogP contribution in [0.5, 0.6) is 5.75 Å². The summed E-state index contributed by atoms with van der Waals surface area (Å²) in [5.74, 6) is 1.04. The van der Waals surface area contributed by atoms with E-state index in [1.54, 1.807) is 18.3 Å². The van der Waals surface area contributed by atoms with E-state index >= 15 is 0 Å². The highest BCUT2D eigenvalue weighted by molar-refractivity contribution is 7.09. The number of nitrogens with zero attached hydrogens (tertiary/aromatic N) is 1. The second-order valence-electron chi connectivity index (χ2n) is 6.01. The largest absolute Gasteiger partial charge is 0.481 e. The van der Waals surface area contributed by atoms with Crippen LogP contribution in [0.25, 0.3) is 0 Å². The molecule has 0 radical (unpaired) electrons. The Bertz CT molecular complexity index is 649. The molecule has 1 aromatic heterocycles. The zero-order valence-electron chi connectivity index (χ0n) is 14.3. The fourth-order valence-electron chi connectivity index (χ4n) is 2.17. The van der Waals surface area contributed by atoms with Crippen LogP contribution in [0.2, 0.25) is 0 Å². The van der Waals surface area contributed by atoms with E-state index in [4.69, 9.17) is 4.74 Å². The van der Waals surface area contributed by atoms with Gasteiger partial charge < -0.3 is 10.1 Å². The average molecular weight is 332 g/mol. The third-order valence-corrected chi connectivity index (χ3v) is 4.46. The Balaban J connectivity index is 1.91. The smallest absolute Gasteiger partial charge is 0.261 e. The van der Waals surface area contributed by atoms with E-state index in [9.17, 15) is 4.79 Å². The van der Waals surface area contributed by atoms with Crippen molar-refractivity contribution in [2.24, 2.45) is 0 Å². The highest BCUT2D eigenvalue weighted by Crippen LogP contribution is 2.20. The molecule has 124 valence electrons. The van der Waals surface area contributed by atoms with Crippen molar-refractivity contribution >= 4 is 17.2 Å². The molecule has 2 unspecified atom stereocenters. The fourth-order valence-corrected chi connectivity index (χ4v) is 2.88. The van der Waals surface area contributed by atoms with E-state index in [0.29, 0.717) is 11.7 Å². The number of carbonyl (C=O) groups is 1. The van der Waals surface area contributed by atoms with Gasteiger partial charge in [-0.15, -0.1) is 11.3 Å². The third-order valence-electron chi connectivity index (χ3n) is 3.67. The van der Waals surface area contributed by atoms with Crippen molar-refractivity contribution in [2.45, 2.75) is 52.7 Å². The first kappa shape index (κ1) is 17.5. The van der Waals surface area contributed by atoms with Gasteiger partial charge in [0.1, 0.15) is 5.75 Å². The zero-order valence-corrected chi connectivity index (χ0v) is 15.1. The number of ether oxygens (including phenoxy) is 1. The summed E-state index contributed by atoms with van der Waals surface area (Å²) in [6, 6.07) is 7.76. The Morgan fingerprint density at radius 1 is 1.17 bits per heavy atom. The van der Waals surface area contributed by atoms with Crippen molar-refractivity contribution in [3.8, 4) is 5.75 Å². The van der Waals surface area contributed by atoms with Crippen LogP contribution >= 0.6 is 11.3 Å². The molecule has 0 bridgehead atoms. The van der Waals surface area contributed by atoms with Gasteiger partial charge in [0.25, 0.3) is 5.91 Å². The summed E-state index contributed by atoms with van der Waals surface area (Å²) in [6.45, 7) is 9.93. The number of aryl methyl sites for hydroxylation is 1. The number of thiazole rings is 1. The lowest BCUT2D eigenvalue weighted by Crippen LogP contribution is -2.37. The van der Waals surface area contributed by atoms with Crippen LogP contribution in [0.3, 0.4) is 0 Å². The molecule has 4 nitrogen and oxygen atoms in total. The van der Waals surface area contributed by atoms with Gasteiger partial charge >= 0.3 is 0 Å². The fraction of sp³-hybridized carbons (Fsp3) is 0.444. The molecule has 0 spiro atoms. The first-order chi connectivity index (χ1) is 10.9.